The highest BCUT2D eigenvalue weighted by molar-refractivity contribution is 9.10. The van der Waals surface area contributed by atoms with Crippen LogP contribution >= 0.6 is 15.9 Å². The van der Waals surface area contributed by atoms with Gasteiger partial charge in [-0.15, -0.1) is 0 Å². The lowest BCUT2D eigenvalue weighted by atomic mass is 10.00. The van der Waals surface area contributed by atoms with Gasteiger partial charge >= 0.3 is 6.18 Å². The van der Waals surface area contributed by atoms with Gasteiger partial charge in [-0.2, -0.15) is 13.2 Å². The molecule has 4 nitrogen and oxygen atoms in total. The van der Waals surface area contributed by atoms with E-state index in [0.29, 0.717) is 36.2 Å². The van der Waals surface area contributed by atoms with Crippen molar-refractivity contribution >= 4 is 15.9 Å². The average molecular weight is 383 g/mol. The quantitative estimate of drug-likeness (QED) is 0.839. The van der Waals surface area contributed by atoms with E-state index in [1.165, 1.54) is 19.2 Å². The zero-order valence-electron chi connectivity index (χ0n) is 12.1. The van der Waals surface area contributed by atoms with Crippen molar-refractivity contribution in [2.45, 2.75) is 18.6 Å². The fourth-order valence-corrected chi connectivity index (χ4v) is 3.07. The van der Waals surface area contributed by atoms with Gasteiger partial charge < -0.3 is 15.2 Å². The summed E-state index contributed by atoms with van der Waals surface area (Å²) in [4.78, 5) is 1.81. The van der Waals surface area contributed by atoms with Crippen LogP contribution < -0.4 is 10.1 Å². The molecule has 1 atom stereocenters. The van der Waals surface area contributed by atoms with Gasteiger partial charge in [0.15, 0.2) is 11.5 Å². The zero-order chi connectivity index (χ0) is 16.3. The van der Waals surface area contributed by atoms with Gasteiger partial charge in [0, 0.05) is 32.2 Å². The number of hydrogen-bond acceptors (Lipinski definition) is 4. The third-order valence-electron chi connectivity index (χ3n) is 3.67. The Morgan fingerprint density at radius 3 is 2.55 bits per heavy atom. The summed E-state index contributed by atoms with van der Waals surface area (Å²) in [5, 5.41) is 13.0. The number of nitrogens with one attached hydrogen (secondary N) is 1. The normalized spacial score (nSPS) is 18.2. The highest BCUT2D eigenvalue weighted by atomic mass is 79.9. The van der Waals surface area contributed by atoms with Crippen LogP contribution in [0.3, 0.4) is 0 Å². The number of ether oxygens (including phenoxy) is 1. The van der Waals surface area contributed by atoms with Crippen molar-refractivity contribution in [3.05, 3.63) is 22.2 Å². The van der Waals surface area contributed by atoms with Crippen molar-refractivity contribution in [3.63, 3.8) is 0 Å². The van der Waals surface area contributed by atoms with Crippen LogP contribution in [0.15, 0.2) is 16.6 Å². The molecule has 1 saturated heterocycles. The molecular formula is C14H18BrF3N2O2. The monoisotopic (exact) mass is 382 g/mol. The minimum absolute atomic E-state index is 0.114. The third kappa shape index (κ3) is 4.27. The Morgan fingerprint density at radius 2 is 2.00 bits per heavy atom. The predicted molar refractivity (Wildman–Crippen MR) is 80.2 cm³/mol. The molecule has 0 aromatic heterocycles. The summed E-state index contributed by atoms with van der Waals surface area (Å²) in [6.45, 7) is 2.40. The maximum Gasteiger partial charge on any atom is 0.390 e. The lowest BCUT2D eigenvalue weighted by Gasteiger charge is -2.36. The van der Waals surface area contributed by atoms with Crippen LogP contribution in [0.1, 0.15) is 18.0 Å². The fraction of sp³-hybridized carbons (Fsp3) is 0.571. The molecule has 0 bridgehead atoms. The van der Waals surface area contributed by atoms with Gasteiger partial charge in [0.05, 0.1) is 18.0 Å². The Bertz CT molecular complexity index is 520. The van der Waals surface area contributed by atoms with Crippen molar-refractivity contribution in [2.75, 3.05) is 33.3 Å². The number of phenols is 1. The zero-order valence-corrected chi connectivity index (χ0v) is 13.7. The van der Waals surface area contributed by atoms with Crippen LogP contribution in [0.2, 0.25) is 0 Å². The van der Waals surface area contributed by atoms with Gasteiger partial charge in [-0.05, 0) is 33.6 Å². The van der Waals surface area contributed by atoms with Crippen molar-refractivity contribution in [3.8, 4) is 11.5 Å². The fourth-order valence-electron chi connectivity index (χ4n) is 2.61. The van der Waals surface area contributed by atoms with E-state index >= 15 is 0 Å². The molecule has 0 aliphatic carbocycles. The van der Waals surface area contributed by atoms with E-state index < -0.39 is 18.6 Å². The molecule has 0 radical (unpaired) electrons. The Labute approximate surface area is 135 Å². The first-order valence-corrected chi connectivity index (χ1v) is 7.69. The Morgan fingerprint density at radius 1 is 1.36 bits per heavy atom. The number of aromatic hydroxyl groups is 1. The molecule has 1 aromatic carbocycles. The first kappa shape index (κ1) is 17.4. The largest absolute Gasteiger partial charge is 0.503 e. The average Bonchev–Trinajstić information content (AvgIpc) is 2.47. The molecule has 2 rings (SSSR count). The topological polar surface area (TPSA) is 44.7 Å². The van der Waals surface area contributed by atoms with Gasteiger partial charge in [-0.25, -0.2) is 0 Å². The molecule has 1 aliphatic heterocycles. The smallest absolute Gasteiger partial charge is 0.390 e. The Balaban J connectivity index is 2.37. The van der Waals surface area contributed by atoms with E-state index in [0.717, 1.165) is 0 Å². The van der Waals surface area contributed by atoms with E-state index in [-0.39, 0.29) is 11.5 Å². The van der Waals surface area contributed by atoms with E-state index in [1.807, 2.05) is 4.90 Å². The molecule has 1 fully saturated rings. The van der Waals surface area contributed by atoms with Crippen molar-refractivity contribution in [1.29, 1.82) is 0 Å². The van der Waals surface area contributed by atoms with Gasteiger partial charge in [0.25, 0.3) is 0 Å². The van der Waals surface area contributed by atoms with Gasteiger partial charge in [-0.3, -0.25) is 4.90 Å². The van der Waals surface area contributed by atoms with E-state index in [1.54, 1.807) is 0 Å². The number of benzene rings is 1. The highest BCUT2D eigenvalue weighted by Crippen LogP contribution is 2.41. The maximum atomic E-state index is 13.0. The van der Waals surface area contributed by atoms with E-state index in [4.69, 9.17) is 4.74 Å². The number of methoxy groups -OCH3 is 1. The molecular weight excluding hydrogens is 365 g/mol. The van der Waals surface area contributed by atoms with Crippen LogP contribution in [0, 0.1) is 0 Å². The molecule has 0 saturated carbocycles. The SMILES string of the molecule is COc1cc([C@@H](CC(F)(F)F)N2CCNCC2)cc(Br)c1O. The summed E-state index contributed by atoms with van der Waals surface area (Å²) in [7, 11) is 1.37. The summed E-state index contributed by atoms with van der Waals surface area (Å²) < 4.78 is 44.3. The summed E-state index contributed by atoms with van der Waals surface area (Å²) in [6, 6.07) is 2.20. The number of hydrogen-bond donors (Lipinski definition) is 2. The first-order valence-electron chi connectivity index (χ1n) is 6.89. The summed E-state index contributed by atoms with van der Waals surface area (Å²) in [5.41, 5.74) is 0.473. The molecule has 1 aliphatic rings. The number of alkyl halides is 3. The molecule has 1 aromatic rings. The summed E-state index contributed by atoms with van der Waals surface area (Å²) in [5.74, 6) is 0.0454. The molecule has 2 N–H and O–H groups in total. The first-order chi connectivity index (χ1) is 10.3. The third-order valence-corrected chi connectivity index (χ3v) is 4.28. The second-order valence-electron chi connectivity index (χ2n) is 5.17. The van der Waals surface area contributed by atoms with Crippen molar-refractivity contribution < 1.29 is 23.0 Å². The van der Waals surface area contributed by atoms with Crippen LogP contribution in [0.4, 0.5) is 13.2 Å². The Kier molecular flexibility index (Phi) is 5.57. The Hall–Kier alpha value is -0.990. The summed E-state index contributed by atoms with van der Waals surface area (Å²) in [6.07, 6.45) is -5.21. The number of nitrogens with zero attached hydrogens (tertiary/aromatic N) is 1. The lowest BCUT2D eigenvalue weighted by molar-refractivity contribution is -0.148. The number of halogens is 4. The van der Waals surface area contributed by atoms with Crippen LogP contribution in [0.5, 0.6) is 11.5 Å². The van der Waals surface area contributed by atoms with Crippen molar-refractivity contribution in [2.24, 2.45) is 0 Å². The van der Waals surface area contributed by atoms with Crippen LogP contribution in [-0.2, 0) is 0 Å². The second kappa shape index (κ2) is 7.06. The molecule has 124 valence electrons. The molecule has 0 unspecified atom stereocenters. The van der Waals surface area contributed by atoms with E-state index in [2.05, 4.69) is 21.2 Å². The standard InChI is InChI=1S/C14H18BrF3N2O2/c1-22-12-7-9(6-10(15)13(12)21)11(8-14(16,17)18)20-4-2-19-3-5-20/h6-7,11,19,21H,2-5,8H2,1H3/t11-/m1/s1. The van der Waals surface area contributed by atoms with Gasteiger partial charge in [-0.1, -0.05) is 0 Å². The molecule has 22 heavy (non-hydrogen) atoms. The van der Waals surface area contributed by atoms with Gasteiger partial charge in [0.1, 0.15) is 0 Å². The van der Waals surface area contributed by atoms with E-state index in [9.17, 15) is 18.3 Å². The molecule has 0 spiro atoms. The minimum atomic E-state index is -4.27. The van der Waals surface area contributed by atoms with Crippen molar-refractivity contribution in [1.82, 2.24) is 10.2 Å². The molecule has 8 heteroatoms. The number of rotatable bonds is 4. The lowest BCUT2D eigenvalue weighted by Crippen LogP contribution is -2.46. The highest BCUT2D eigenvalue weighted by Gasteiger charge is 2.36. The van der Waals surface area contributed by atoms with Crippen LogP contribution in [-0.4, -0.2) is 49.5 Å². The predicted octanol–water partition coefficient (Wildman–Crippen LogP) is 3.06. The van der Waals surface area contributed by atoms with Gasteiger partial charge in [0.2, 0.25) is 0 Å². The number of phenolic OH excluding ortho intramolecular Hbond substituents is 1. The maximum absolute atomic E-state index is 13.0. The minimum Gasteiger partial charge on any atom is -0.503 e. The second-order valence-corrected chi connectivity index (χ2v) is 6.03. The summed E-state index contributed by atoms with van der Waals surface area (Å²) >= 11 is 3.17. The molecule has 0 amide bonds. The van der Waals surface area contributed by atoms with Crippen LogP contribution in [0.25, 0.3) is 0 Å². The molecule has 1 heterocycles. The number of piperazine rings is 1.